The standard InChI is InChI=1S/C20H16F3NO5S/c1-26-16-4-2-3-15(18(16)29-20(22)23)19(25)28-9-13-11-30-17(24-13)10-27-14-7-5-12(21)6-8-14/h2-8,11,20H,9-10H2,1H3. The van der Waals surface area contributed by atoms with Gasteiger partial charge in [0.05, 0.1) is 12.8 Å². The van der Waals surface area contributed by atoms with Gasteiger partial charge in [-0.2, -0.15) is 8.78 Å². The molecule has 0 aliphatic carbocycles. The van der Waals surface area contributed by atoms with Gasteiger partial charge in [-0.25, -0.2) is 14.2 Å². The van der Waals surface area contributed by atoms with Crippen LogP contribution < -0.4 is 14.2 Å². The predicted molar refractivity (Wildman–Crippen MR) is 102 cm³/mol. The number of hydrogen-bond donors (Lipinski definition) is 0. The Morgan fingerprint density at radius 3 is 2.60 bits per heavy atom. The highest BCUT2D eigenvalue weighted by Gasteiger charge is 2.21. The number of esters is 1. The van der Waals surface area contributed by atoms with Crippen LogP contribution in [0.3, 0.4) is 0 Å². The van der Waals surface area contributed by atoms with Crippen molar-refractivity contribution < 1.29 is 36.9 Å². The lowest BCUT2D eigenvalue weighted by atomic mass is 10.2. The van der Waals surface area contributed by atoms with Gasteiger partial charge in [-0.15, -0.1) is 11.3 Å². The van der Waals surface area contributed by atoms with Gasteiger partial charge in [0.15, 0.2) is 11.5 Å². The Kier molecular flexibility index (Phi) is 7.12. The quantitative estimate of drug-likeness (QED) is 0.445. The van der Waals surface area contributed by atoms with Crippen molar-refractivity contribution in [2.45, 2.75) is 19.8 Å². The maximum atomic E-state index is 12.9. The number of carbonyl (C=O) groups excluding carboxylic acids is 1. The van der Waals surface area contributed by atoms with Gasteiger partial charge in [-0.3, -0.25) is 0 Å². The second-order valence-corrected chi connectivity index (χ2v) is 6.71. The van der Waals surface area contributed by atoms with Crippen LogP contribution in [0.1, 0.15) is 21.1 Å². The zero-order valence-corrected chi connectivity index (χ0v) is 16.5. The minimum absolute atomic E-state index is 0.0152. The number of aromatic nitrogens is 1. The molecule has 1 heterocycles. The number of alkyl halides is 2. The summed E-state index contributed by atoms with van der Waals surface area (Å²) in [6.45, 7) is -3.14. The van der Waals surface area contributed by atoms with Crippen molar-refractivity contribution in [2.75, 3.05) is 7.11 Å². The summed E-state index contributed by atoms with van der Waals surface area (Å²) < 4.78 is 58.3. The maximum Gasteiger partial charge on any atom is 0.387 e. The van der Waals surface area contributed by atoms with Gasteiger partial charge in [0.2, 0.25) is 0 Å². The number of nitrogens with zero attached hydrogens (tertiary/aromatic N) is 1. The first-order valence-electron chi connectivity index (χ1n) is 8.57. The molecule has 0 spiro atoms. The highest BCUT2D eigenvalue weighted by Crippen LogP contribution is 2.33. The van der Waals surface area contributed by atoms with E-state index in [-0.39, 0.29) is 30.3 Å². The first kappa shape index (κ1) is 21.4. The number of para-hydroxylation sites is 1. The minimum atomic E-state index is -3.13. The number of hydrogen-bond acceptors (Lipinski definition) is 7. The Labute approximate surface area is 173 Å². The first-order chi connectivity index (χ1) is 14.5. The molecule has 0 saturated carbocycles. The van der Waals surface area contributed by atoms with Crippen molar-refractivity contribution in [3.8, 4) is 17.2 Å². The average Bonchev–Trinajstić information content (AvgIpc) is 3.19. The Morgan fingerprint density at radius 1 is 1.13 bits per heavy atom. The number of halogens is 3. The molecular weight excluding hydrogens is 423 g/mol. The Bertz CT molecular complexity index is 994. The molecule has 0 aliphatic heterocycles. The van der Waals surface area contributed by atoms with Crippen LogP contribution in [-0.4, -0.2) is 24.7 Å². The molecule has 0 amide bonds. The zero-order chi connectivity index (χ0) is 21.5. The summed E-state index contributed by atoms with van der Waals surface area (Å²) in [6, 6.07) is 9.71. The molecule has 158 valence electrons. The summed E-state index contributed by atoms with van der Waals surface area (Å²) in [6.07, 6.45) is 0. The van der Waals surface area contributed by atoms with E-state index in [9.17, 15) is 18.0 Å². The SMILES string of the molecule is COc1cccc(C(=O)OCc2csc(COc3ccc(F)cc3)n2)c1OC(F)F. The van der Waals surface area contributed by atoms with Crippen LogP contribution in [0.5, 0.6) is 17.2 Å². The van der Waals surface area contributed by atoms with E-state index in [1.54, 1.807) is 5.38 Å². The molecule has 3 aromatic rings. The summed E-state index contributed by atoms with van der Waals surface area (Å²) >= 11 is 1.29. The van der Waals surface area contributed by atoms with Crippen molar-refractivity contribution in [3.63, 3.8) is 0 Å². The van der Waals surface area contributed by atoms with Crippen molar-refractivity contribution in [1.29, 1.82) is 0 Å². The highest BCUT2D eigenvalue weighted by atomic mass is 32.1. The van der Waals surface area contributed by atoms with Crippen LogP contribution in [-0.2, 0) is 18.0 Å². The van der Waals surface area contributed by atoms with Crippen LogP contribution >= 0.6 is 11.3 Å². The molecule has 0 N–H and O–H groups in total. The van der Waals surface area contributed by atoms with Gasteiger partial charge >= 0.3 is 12.6 Å². The van der Waals surface area contributed by atoms with Crippen LogP contribution in [0.4, 0.5) is 13.2 Å². The fourth-order valence-electron chi connectivity index (χ4n) is 2.42. The maximum absolute atomic E-state index is 12.9. The van der Waals surface area contributed by atoms with Crippen molar-refractivity contribution >= 4 is 17.3 Å². The van der Waals surface area contributed by atoms with Gasteiger partial charge in [-0.1, -0.05) is 6.07 Å². The second kappa shape index (κ2) is 9.97. The smallest absolute Gasteiger partial charge is 0.387 e. The van der Waals surface area contributed by atoms with E-state index < -0.39 is 18.3 Å². The molecule has 0 unspecified atom stereocenters. The summed E-state index contributed by atoms with van der Waals surface area (Å²) in [5.74, 6) is -1.14. The predicted octanol–water partition coefficient (Wildman–Crippen LogP) is 4.83. The van der Waals surface area contributed by atoms with Gasteiger partial charge < -0.3 is 18.9 Å². The second-order valence-electron chi connectivity index (χ2n) is 5.77. The summed E-state index contributed by atoms with van der Waals surface area (Å²) in [7, 11) is 1.27. The third-order valence-corrected chi connectivity index (χ3v) is 4.62. The van der Waals surface area contributed by atoms with E-state index in [2.05, 4.69) is 9.72 Å². The number of thiazole rings is 1. The molecule has 2 aromatic carbocycles. The van der Waals surface area contributed by atoms with E-state index in [1.165, 1.54) is 60.9 Å². The number of carbonyl (C=O) groups is 1. The number of ether oxygens (including phenoxy) is 4. The molecular formula is C20H16F3NO5S. The normalized spacial score (nSPS) is 10.7. The Balaban J connectivity index is 1.59. The lowest BCUT2D eigenvalue weighted by molar-refractivity contribution is -0.0518. The van der Waals surface area contributed by atoms with Crippen LogP contribution in [0.25, 0.3) is 0 Å². The molecule has 1 aromatic heterocycles. The van der Waals surface area contributed by atoms with Crippen molar-refractivity contribution in [2.24, 2.45) is 0 Å². The number of methoxy groups -OCH3 is 1. The summed E-state index contributed by atoms with van der Waals surface area (Å²) in [5.41, 5.74) is 0.273. The molecule has 6 nitrogen and oxygen atoms in total. The van der Waals surface area contributed by atoms with Gasteiger partial charge in [0.1, 0.15) is 35.4 Å². The molecule has 0 saturated heterocycles. The summed E-state index contributed by atoms with van der Waals surface area (Å²) in [5, 5.41) is 2.30. The van der Waals surface area contributed by atoms with Crippen LogP contribution in [0.15, 0.2) is 47.8 Å². The third kappa shape index (κ3) is 5.63. The third-order valence-electron chi connectivity index (χ3n) is 3.75. The van der Waals surface area contributed by atoms with Gasteiger partial charge in [0, 0.05) is 5.38 Å². The van der Waals surface area contributed by atoms with E-state index in [0.29, 0.717) is 16.5 Å². The average molecular weight is 439 g/mol. The fourth-order valence-corrected chi connectivity index (χ4v) is 3.11. The van der Waals surface area contributed by atoms with Gasteiger partial charge in [-0.05, 0) is 36.4 Å². The molecule has 3 rings (SSSR count). The molecule has 0 atom stereocenters. The number of benzene rings is 2. The molecule has 30 heavy (non-hydrogen) atoms. The monoisotopic (exact) mass is 439 g/mol. The molecule has 0 radical (unpaired) electrons. The van der Waals surface area contributed by atoms with Crippen LogP contribution in [0, 0.1) is 5.82 Å². The van der Waals surface area contributed by atoms with Crippen molar-refractivity contribution in [1.82, 2.24) is 4.98 Å². The van der Waals surface area contributed by atoms with E-state index in [1.807, 2.05) is 0 Å². The molecule has 0 fully saturated rings. The van der Waals surface area contributed by atoms with Gasteiger partial charge in [0.25, 0.3) is 0 Å². The van der Waals surface area contributed by atoms with E-state index in [4.69, 9.17) is 14.2 Å². The first-order valence-corrected chi connectivity index (χ1v) is 9.45. The highest BCUT2D eigenvalue weighted by molar-refractivity contribution is 7.09. The molecule has 0 bridgehead atoms. The molecule has 10 heteroatoms. The fraction of sp³-hybridized carbons (Fsp3) is 0.200. The summed E-state index contributed by atoms with van der Waals surface area (Å²) in [4.78, 5) is 16.6. The zero-order valence-electron chi connectivity index (χ0n) is 15.6. The lowest BCUT2D eigenvalue weighted by Crippen LogP contribution is -2.12. The van der Waals surface area contributed by atoms with E-state index >= 15 is 0 Å². The van der Waals surface area contributed by atoms with Crippen molar-refractivity contribution in [3.05, 3.63) is 69.9 Å². The van der Waals surface area contributed by atoms with E-state index in [0.717, 1.165) is 0 Å². The van der Waals surface area contributed by atoms with Crippen LogP contribution in [0.2, 0.25) is 0 Å². The molecule has 0 aliphatic rings. The largest absolute Gasteiger partial charge is 0.493 e. The Morgan fingerprint density at radius 2 is 1.90 bits per heavy atom. The lowest BCUT2D eigenvalue weighted by Gasteiger charge is -2.13. The number of rotatable bonds is 9. The topological polar surface area (TPSA) is 66.9 Å². The minimum Gasteiger partial charge on any atom is -0.493 e. The Hall–Kier alpha value is -3.27.